The lowest BCUT2D eigenvalue weighted by Gasteiger charge is -2.44. The van der Waals surface area contributed by atoms with Gasteiger partial charge in [-0.3, -0.25) is 9.69 Å². The van der Waals surface area contributed by atoms with Gasteiger partial charge in [0.05, 0.1) is 14.2 Å². The maximum absolute atomic E-state index is 11.7. The van der Waals surface area contributed by atoms with Crippen molar-refractivity contribution in [2.24, 2.45) is 0 Å². The normalized spacial score (nSPS) is 24.4. The van der Waals surface area contributed by atoms with Gasteiger partial charge < -0.3 is 14.4 Å². The summed E-state index contributed by atoms with van der Waals surface area (Å²) in [4.78, 5) is 16.3. The van der Waals surface area contributed by atoms with Crippen LogP contribution in [-0.4, -0.2) is 55.6 Å². The highest BCUT2D eigenvalue weighted by molar-refractivity contribution is 5.73. The number of hydrogen-bond donors (Lipinski definition) is 0. The Labute approximate surface area is 144 Å². The third-order valence-electron chi connectivity index (χ3n) is 5.54. The average molecular weight is 332 g/mol. The predicted molar refractivity (Wildman–Crippen MR) is 93.6 cm³/mol. The minimum Gasteiger partial charge on any atom is -0.493 e. The van der Waals surface area contributed by atoms with Crippen molar-refractivity contribution in [3.05, 3.63) is 23.3 Å². The maximum atomic E-state index is 11.7. The zero-order chi connectivity index (χ0) is 17.3. The molecule has 2 aliphatic rings. The number of piperidine rings is 1. The highest BCUT2D eigenvalue weighted by atomic mass is 16.5. The van der Waals surface area contributed by atoms with Crippen LogP contribution in [-0.2, 0) is 11.2 Å². The molecule has 1 aromatic rings. The van der Waals surface area contributed by atoms with E-state index in [1.54, 1.807) is 21.1 Å². The third-order valence-corrected chi connectivity index (χ3v) is 5.54. The van der Waals surface area contributed by atoms with E-state index in [4.69, 9.17) is 9.47 Å². The molecule has 132 valence electrons. The Kier molecular flexibility index (Phi) is 4.99. The van der Waals surface area contributed by atoms with Crippen molar-refractivity contribution in [3.8, 4) is 11.5 Å². The summed E-state index contributed by atoms with van der Waals surface area (Å²) < 4.78 is 10.9. The maximum Gasteiger partial charge on any atom is 0.219 e. The van der Waals surface area contributed by atoms with Crippen molar-refractivity contribution < 1.29 is 14.3 Å². The van der Waals surface area contributed by atoms with Crippen LogP contribution >= 0.6 is 0 Å². The Morgan fingerprint density at radius 1 is 1.17 bits per heavy atom. The Morgan fingerprint density at radius 2 is 1.88 bits per heavy atom. The number of rotatable bonds is 3. The average Bonchev–Trinajstić information content (AvgIpc) is 2.61. The van der Waals surface area contributed by atoms with Gasteiger partial charge in [0, 0.05) is 38.6 Å². The molecule has 2 atom stereocenters. The standard InChI is InChI=1S/C19H28N2O3/c1-13-17-11-19(24-4)18(23-3)10-15(17)7-9-21(13)16-6-5-8-20(12-16)14(2)22/h10-11,13,16H,5-9,12H2,1-4H3/t13-,16-/m0/s1. The minimum absolute atomic E-state index is 0.191. The summed E-state index contributed by atoms with van der Waals surface area (Å²) in [5, 5.41) is 0. The number of carbonyl (C=O) groups excluding carboxylic acids is 1. The molecule has 0 spiro atoms. The fourth-order valence-electron chi connectivity index (χ4n) is 4.17. The van der Waals surface area contributed by atoms with E-state index >= 15 is 0 Å². The molecule has 1 fully saturated rings. The number of likely N-dealkylation sites (tertiary alicyclic amines) is 1. The molecule has 24 heavy (non-hydrogen) atoms. The Balaban J connectivity index is 1.83. The summed E-state index contributed by atoms with van der Waals surface area (Å²) in [6.07, 6.45) is 3.26. The molecular formula is C19H28N2O3. The molecule has 0 aromatic heterocycles. The largest absolute Gasteiger partial charge is 0.493 e. The van der Waals surface area contributed by atoms with Gasteiger partial charge in [-0.2, -0.15) is 0 Å². The van der Waals surface area contributed by atoms with Crippen LogP contribution in [0.25, 0.3) is 0 Å². The number of nitrogens with zero attached hydrogens (tertiary/aromatic N) is 2. The zero-order valence-electron chi connectivity index (χ0n) is 15.2. The summed E-state index contributed by atoms with van der Waals surface area (Å²) in [6, 6.07) is 5.01. The Morgan fingerprint density at radius 3 is 2.54 bits per heavy atom. The summed E-state index contributed by atoms with van der Waals surface area (Å²) >= 11 is 0. The van der Waals surface area contributed by atoms with E-state index in [1.165, 1.54) is 11.1 Å². The zero-order valence-corrected chi connectivity index (χ0v) is 15.2. The van der Waals surface area contributed by atoms with E-state index < -0.39 is 0 Å². The Hall–Kier alpha value is -1.75. The van der Waals surface area contributed by atoms with Crippen LogP contribution in [0.1, 0.15) is 43.9 Å². The molecule has 0 unspecified atom stereocenters. The molecule has 2 aliphatic heterocycles. The lowest BCUT2D eigenvalue weighted by molar-refractivity contribution is -0.131. The van der Waals surface area contributed by atoms with Crippen LogP contribution in [0, 0.1) is 0 Å². The van der Waals surface area contributed by atoms with Gasteiger partial charge in [-0.1, -0.05) is 0 Å². The topological polar surface area (TPSA) is 42.0 Å². The van der Waals surface area contributed by atoms with Crippen LogP contribution < -0.4 is 9.47 Å². The molecule has 0 saturated carbocycles. The summed E-state index contributed by atoms with van der Waals surface area (Å²) in [6.45, 7) is 6.71. The van der Waals surface area contributed by atoms with E-state index in [9.17, 15) is 4.79 Å². The second kappa shape index (κ2) is 7.01. The van der Waals surface area contributed by atoms with E-state index in [0.717, 1.165) is 50.4 Å². The SMILES string of the molecule is COc1cc2c(cc1OC)[C@H](C)N([C@H]1CCCN(C(C)=O)C1)CC2. The number of fused-ring (bicyclic) bond motifs is 1. The first-order valence-electron chi connectivity index (χ1n) is 8.81. The van der Waals surface area contributed by atoms with Crippen LogP contribution in [0.4, 0.5) is 0 Å². The molecule has 2 heterocycles. The fourth-order valence-corrected chi connectivity index (χ4v) is 4.17. The van der Waals surface area contributed by atoms with Crippen molar-refractivity contribution in [2.45, 2.75) is 45.2 Å². The molecule has 0 bridgehead atoms. The van der Waals surface area contributed by atoms with Gasteiger partial charge >= 0.3 is 0 Å². The second-order valence-corrected chi connectivity index (χ2v) is 6.83. The van der Waals surface area contributed by atoms with E-state index in [2.05, 4.69) is 24.0 Å². The molecule has 1 amide bonds. The number of ether oxygens (including phenoxy) is 2. The summed E-state index contributed by atoms with van der Waals surface area (Å²) in [7, 11) is 3.36. The quantitative estimate of drug-likeness (QED) is 0.853. The molecule has 5 nitrogen and oxygen atoms in total. The molecule has 5 heteroatoms. The van der Waals surface area contributed by atoms with Crippen LogP contribution in [0.3, 0.4) is 0 Å². The lowest BCUT2D eigenvalue weighted by atomic mass is 9.90. The molecule has 0 radical (unpaired) electrons. The molecule has 0 N–H and O–H groups in total. The molecule has 1 saturated heterocycles. The molecule has 0 aliphatic carbocycles. The summed E-state index contributed by atoms with van der Waals surface area (Å²) in [5.74, 6) is 1.78. The number of methoxy groups -OCH3 is 2. The number of amides is 1. The van der Waals surface area contributed by atoms with Gasteiger partial charge in [-0.05, 0) is 49.4 Å². The van der Waals surface area contributed by atoms with Crippen LogP contribution in [0.5, 0.6) is 11.5 Å². The van der Waals surface area contributed by atoms with Gasteiger partial charge in [0.25, 0.3) is 0 Å². The first kappa shape index (κ1) is 17.1. The van der Waals surface area contributed by atoms with Crippen molar-refractivity contribution in [1.29, 1.82) is 0 Å². The number of benzene rings is 1. The van der Waals surface area contributed by atoms with E-state index in [-0.39, 0.29) is 5.91 Å². The lowest BCUT2D eigenvalue weighted by Crippen LogP contribution is -2.51. The van der Waals surface area contributed by atoms with E-state index in [1.807, 2.05) is 4.90 Å². The highest BCUT2D eigenvalue weighted by Crippen LogP contribution is 2.39. The minimum atomic E-state index is 0.191. The van der Waals surface area contributed by atoms with Gasteiger partial charge in [0.1, 0.15) is 0 Å². The van der Waals surface area contributed by atoms with Crippen LogP contribution in [0.15, 0.2) is 12.1 Å². The Bertz CT molecular complexity index is 617. The van der Waals surface area contributed by atoms with E-state index in [0.29, 0.717) is 12.1 Å². The highest BCUT2D eigenvalue weighted by Gasteiger charge is 2.33. The van der Waals surface area contributed by atoms with Crippen molar-refractivity contribution in [2.75, 3.05) is 33.9 Å². The first-order chi connectivity index (χ1) is 11.5. The van der Waals surface area contributed by atoms with Crippen molar-refractivity contribution in [3.63, 3.8) is 0 Å². The van der Waals surface area contributed by atoms with Crippen LogP contribution in [0.2, 0.25) is 0 Å². The van der Waals surface area contributed by atoms with Gasteiger partial charge in [0.2, 0.25) is 5.91 Å². The van der Waals surface area contributed by atoms with Crippen molar-refractivity contribution in [1.82, 2.24) is 9.80 Å². The second-order valence-electron chi connectivity index (χ2n) is 6.83. The monoisotopic (exact) mass is 332 g/mol. The van der Waals surface area contributed by atoms with Gasteiger partial charge in [-0.15, -0.1) is 0 Å². The first-order valence-corrected chi connectivity index (χ1v) is 8.81. The van der Waals surface area contributed by atoms with Crippen molar-refractivity contribution >= 4 is 5.91 Å². The molecule has 3 rings (SSSR count). The third kappa shape index (κ3) is 3.09. The van der Waals surface area contributed by atoms with Gasteiger partial charge in [0.15, 0.2) is 11.5 Å². The predicted octanol–water partition coefficient (Wildman–Crippen LogP) is 2.63. The number of carbonyl (C=O) groups is 1. The van der Waals surface area contributed by atoms with Gasteiger partial charge in [-0.25, -0.2) is 0 Å². The molecule has 1 aromatic carbocycles. The smallest absolute Gasteiger partial charge is 0.219 e. The molecular weight excluding hydrogens is 304 g/mol. The summed E-state index contributed by atoms with van der Waals surface area (Å²) in [5.41, 5.74) is 2.66. The number of hydrogen-bond acceptors (Lipinski definition) is 4. The fraction of sp³-hybridized carbons (Fsp3) is 0.632.